The fourth-order valence-electron chi connectivity index (χ4n) is 3.47. The zero-order chi connectivity index (χ0) is 16.7. The Morgan fingerprint density at radius 1 is 0.958 bits per heavy atom. The second-order valence-electron chi connectivity index (χ2n) is 5.79. The van der Waals surface area contributed by atoms with E-state index in [0.29, 0.717) is 5.82 Å². The Bertz CT molecular complexity index is 894. The lowest BCUT2D eigenvalue weighted by molar-refractivity contribution is -0.384. The molecule has 0 saturated heterocycles. The fourth-order valence-corrected chi connectivity index (χ4v) is 3.47. The van der Waals surface area contributed by atoms with Gasteiger partial charge in [-0.15, -0.1) is 0 Å². The van der Waals surface area contributed by atoms with Crippen molar-refractivity contribution in [1.82, 2.24) is 4.98 Å². The van der Waals surface area contributed by atoms with Crippen molar-refractivity contribution in [2.45, 2.75) is 6.04 Å². The van der Waals surface area contributed by atoms with Crippen molar-refractivity contribution in [2.24, 2.45) is 0 Å². The molecule has 0 aliphatic heterocycles. The van der Waals surface area contributed by atoms with Crippen LogP contribution in [0.25, 0.3) is 11.1 Å². The molecule has 118 valence electrons. The van der Waals surface area contributed by atoms with Crippen molar-refractivity contribution in [3.05, 3.63) is 88.1 Å². The Kier molecular flexibility index (Phi) is 3.27. The first-order valence-electron chi connectivity index (χ1n) is 7.69. The van der Waals surface area contributed by atoms with E-state index in [0.717, 1.165) is 11.1 Å². The van der Waals surface area contributed by atoms with Crippen LogP contribution in [0.5, 0.6) is 0 Å². The first-order chi connectivity index (χ1) is 11.7. The summed E-state index contributed by atoms with van der Waals surface area (Å²) in [6.07, 6.45) is 1.59. The van der Waals surface area contributed by atoms with E-state index in [1.165, 1.54) is 17.2 Å². The molecule has 3 aromatic rings. The summed E-state index contributed by atoms with van der Waals surface area (Å²) >= 11 is 0. The van der Waals surface area contributed by atoms with Gasteiger partial charge in [0.25, 0.3) is 0 Å². The standard InChI is InChI=1S/C19H15N3O2/c1-21(19-17(22(23)24)11-6-12-20-19)18-15-9-4-2-7-13(15)14-8-3-5-10-16(14)18/h2-12,18H,1H3. The summed E-state index contributed by atoms with van der Waals surface area (Å²) in [6.45, 7) is 0. The second-order valence-corrected chi connectivity index (χ2v) is 5.79. The highest BCUT2D eigenvalue weighted by Gasteiger charge is 2.33. The van der Waals surface area contributed by atoms with Crippen LogP contribution in [0.3, 0.4) is 0 Å². The highest BCUT2D eigenvalue weighted by atomic mass is 16.6. The van der Waals surface area contributed by atoms with Crippen molar-refractivity contribution < 1.29 is 4.92 Å². The van der Waals surface area contributed by atoms with E-state index >= 15 is 0 Å². The molecule has 0 unspecified atom stereocenters. The number of rotatable bonds is 3. The summed E-state index contributed by atoms with van der Waals surface area (Å²) < 4.78 is 0. The number of nitro groups is 1. The molecule has 4 rings (SSSR count). The molecule has 2 aromatic carbocycles. The van der Waals surface area contributed by atoms with Crippen molar-refractivity contribution in [2.75, 3.05) is 11.9 Å². The SMILES string of the molecule is CN(c1ncccc1[N+](=O)[O-])C1c2ccccc2-c2ccccc21. The number of benzene rings is 2. The van der Waals surface area contributed by atoms with Gasteiger partial charge in [0, 0.05) is 19.3 Å². The van der Waals surface area contributed by atoms with Gasteiger partial charge in [-0.2, -0.15) is 0 Å². The van der Waals surface area contributed by atoms with Gasteiger partial charge < -0.3 is 4.90 Å². The van der Waals surface area contributed by atoms with Crippen molar-refractivity contribution in [3.63, 3.8) is 0 Å². The van der Waals surface area contributed by atoms with Gasteiger partial charge in [0.05, 0.1) is 11.0 Å². The molecule has 0 radical (unpaired) electrons. The van der Waals surface area contributed by atoms with Crippen LogP contribution >= 0.6 is 0 Å². The van der Waals surface area contributed by atoms with E-state index in [2.05, 4.69) is 29.2 Å². The molecule has 0 spiro atoms. The van der Waals surface area contributed by atoms with Crippen LogP contribution in [-0.2, 0) is 0 Å². The molecule has 0 amide bonds. The van der Waals surface area contributed by atoms with Gasteiger partial charge in [0.1, 0.15) is 0 Å². The molecule has 1 aliphatic rings. The third-order valence-corrected chi connectivity index (χ3v) is 4.49. The maximum atomic E-state index is 11.4. The van der Waals surface area contributed by atoms with E-state index in [1.807, 2.05) is 36.2 Å². The van der Waals surface area contributed by atoms with Crippen LogP contribution in [0.4, 0.5) is 11.5 Å². The largest absolute Gasteiger partial charge is 0.343 e. The Morgan fingerprint density at radius 2 is 1.54 bits per heavy atom. The average molecular weight is 317 g/mol. The molecule has 1 heterocycles. The van der Waals surface area contributed by atoms with Gasteiger partial charge >= 0.3 is 5.69 Å². The van der Waals surface area contributed by atoms with Crippen LogP contribution in [0.2, 0.25) is 0 Å². The summed E-state index contributed by atoms with van der Waals surface area (Å²) in [7, 11) is 1.86. The predicted molar refractivity (Wildman–Crippen MR) is 93.0 cm³/mol. The normalized spacial score (nSPS) is 12.5. The van der Waals surface area contributed by atoms with Gasteiger partial charge in [-0.1, -0.05) is 48.5 Å². The summed E-state index contributed by atoms with van der Waals surface area (Å²) in [5, 5.41) is 11.4. The highest BCUT2D eigenvalue weighted by Crippen LogP contribution is 2.47. The number of hydrogen-bond acceptors (Lipinski definition) is 4. The van der Waals surface area contributed by atoms with Crippen molar-refractivity contribution in [3.8, 4) is 11.1 Å². The van der Waals surface area contributed by atoms with E-state index < -0.39 is 0 Å². The van der Waals surface area contributed by atoms with Gasteiger partial charge in [0.15, 0.2) is 0 Å². The van der Waals surface area contributed by atoms with Crippen molar-refractivity contribution in [1.29, 1.82) is 0 Å². The van der Waals surface area contributed by atoms with Gasteiger partial charge in [-0.05, 0) is 28.3 Å². The molecule has 24 heavy (non-hydrogen) atoms. The molecular weight excluding hydrogens is 302 g/mol. The Morgan fingerprint density at radius 3 is 2.12 bits per heavy atom. The zero-order valence-electron chi connectivity index (χ0n) is 13.1. The average Bonchev–Trinajstić information content (AvgIpc) is 2.95. The molecule has 0 saturated carbocycles. The monoisotopic (exact) mass is 317 g/mol. The number of aromatic nitrogens is 1. The maximum absolute atomic E-state index is 11.4. The molecule has 1 aromatic heterocycles. The molecule has 1 aliphatic carbocycles. The molecule has 0 bridgehead atoms. The van der Waals surface area contributed by atoms with Gasteiger partial charge in [0.2, 0.25) is 5.82 Å². The minimum atomic E-state index is -0.383. The third kappa shape index (κ3) is 2.06. The summed E-state index contributed by atoms with van der Waals surface area (Å²) in [6, 6.07) is 19.3. The van der Waals surface area contributed by atoms with Crippen LogP contribution in [0.15, 0.2) is 66.9 Å². The number of nitrogens with zero attached hydrogens (tertiary/aromatic N) is 3. The summed E-state index contributed by atoms with van der Waals surface area (Å²) in [5.74, 6) is 0.374. The number of fused-ring (bicyclic) bond motifs is 3. The van der Waals surface area contributed by atoms with Crippen LogP contribution in [0, 0.1) is 10.1 Å². The lowest BCUT2D eigenvalue weighted by Crippen LogP contribution is -2.25. The number of hydrogen-bond donors (Lipinski definition) is 0. The molecule has 0 atom stereocenters. The highest BCUT2D eigenvalue weighted by molar-refractivity contribution is 5.80. The van der Waals surface area contributed by atoms with Crippen LogP contribution in [0.1, 0.15) is 17.2 Å². The molecule has 0 fully saturated rings. The van der Waals surface area contributed by atoms with Crippen LogP contribution < -0.4 is 4.90 Å². The van der Waals surface area contributed by atoms with E-state index in [4.69, 9.17) is 0 Å². The number of pyridine rings is 1. The predicted octanol–water partition coefficient (Wildman–Crippen LogP) is 4.20. The first-order valence-corrected chi connectivity index (χ1v) is 7.69. The minimum Gasteiger partial charge on any atom is -0.343 e. The topological polar surface area (TPSA) is 59.3 Å². The van der Waals surface area contributed by atoms with E-state index in [9.17, 15) is 10.1 Å². The van der Waals surface area contributed by atoms with Gasteiger partial charge in [-0.25, -0.2) is 4.98 Å². The lowest BCUT2D eigenvalue weighted by atomic mass is 10.0. The third-order valence-electron chi connectivity index (χ3n) is 4.49. The quantitative estimate of drug-likeness (QED) is 0.536. The Hall–Kier alpha value is -3.21. The minimum absolute atomic E-state index is 0.0156. The lowest BCUT2D eigenvalue weighted by Gasteiger charge is -2.27. The maximum Gasteiger partial charge on any atom is 0.311 e. The van der Waals surface area contributed by atoms with Crippen LogP contribution in [-0.4, -0.2) is 17.0 Å². The molecule has 0 N–H and O–H groups in total. The Balaban J connectivity index is 1.90. The number of anilines is 1. The second kappa shape index (κ2) is 5.45. The van der Waals surface area contributed by atoms with E-state index in [1.54, 1.807) is 12.3 Å². The first kappa shape index (κ1) is 14.4. The Labute approximate surface area is 139 Å². The molecule has 5 heteroatoms. The van der Waals surface area contributed by atoms with E-state index in [-0.39, 0.29) is 16.7 Å². The van der Waals surface area contributed by atoms with Gasteiger partial charge in [-0.3, -0.25) is 10.1 Å². The zero-order valence-corrected chi connectivity index (χ0v) is 13.1. The smallest absolute Gasteiger partial charge is 0.311 e. The fraction of sp³-hybridized carbons (Fsp3) is 0.105. The summed E-state index contributed by atoms with van der Waals surface area (Å²) in [4.78, 5) is 17.2. The summed E-state index contributed by atoms with van der Waals surface area (Å²) in [5.41, 5.74) is 4.64. The molecule has 5 nitrogen and oxygen atoms in total. The van der Waals surface area contributed by atoms with Crippen molar-refractivity contribution >= 4 is 11.5 Å². The molecular formula is C19H15N3O2.